The fourth-order valence-corrected chi connectivity index (χ4v) is 4.03. The highest BCUT2D eigenvalue weighted by Crippen LogP contribution is 2.50. The predicted octanol–water partition coefficient (Wildman–Crippen LogP) is 5.54. The second kappa shape index (κ2) is 5.53. The van der Waals surface area contributed by atoms with Gasteiger partial charge in [-0.3, -0.25) is 0 Å². The van der Waals surface area contributed by atoms with Crippen LogP contribution in [0, 0.1) is 6.92 Å². The van der Waals surface area contributed by atoms with Crippen LogP contribution in [0.15, 0.2) is 40.9 Å². The average molecular weight is 396 g/mol. The Morgan fingerprint density at radius 2 is 2.00 bits per heavy atom. The van der Waals surface area contributed by atoms with E-state index in [1.807, 2.05) is 0 Å². The summed E-state index contributed by atoms with van der Waals surface area (Å²) in [5, 5.41) is 0. The number of alkyl halides is 1. The van der Waals surface area contributed by atoms with E-state index in [0.29, 0.717) is 5.92 Å². The van der Waals surface area contributed by atoms with Crippen LogP contribution in [0.3, 0.4) is 0 Å². The molecule has 0 spiro atoms. The molecule has 104 valence electrons. The zero-order chi connectivity index (χ0) is 14.3. The van der Waals surface area contributed by atoms with E-state index in [2.05, 4.69) is 75.2 Å². The average Bonchev–Trinajstić information content (AvgIpc) is 2.42. The molecule has 1 aliphatic carbocycles. The van der Waals surface area contributed by atoms with Crippen LogP contribution in [-0.4, -0.2) is 7.11 Å². The van der Waals surface area contributed by atoms with Gasteiger partial charge in [0.05, 0.1) is 11.9 Å². The molecule has 3 heteroatoms. The summed E-state index contributed by atoms with van der Waals surface area (Å²) in [5.41, 5.74) is 5.32. The summed E-state index contributed by atoms with van der Waals surface area (Å²) in [4.78, 5) is 0.282. The standard InChI is InChI=1S/C17H16Br2O/c1-10-7-16(20-2)14(9-15(10)18)17(19)13-8-11-5-3-4-6-12(11)13/h3-7,9,13,17H,8H2,1-2H3. The van der Waals surface area contributed by atoms with Crippen LogP contribution in [0.2, 0.25) is 0 Å². The molecule has 0 saturated heterocycles. The highest BCUT2D eigenvalue weighted by Gasteiger charge is 2.33. The van der Waals surface area contributed by atoms with E-state index in [0.717, 1.165) is 16.6 Å². The monoisotopic (exact) mass is 394 g/mol. The van der Waals surface area contributed by atoms with Crippen molar-refractivity contribution in [3.63, 3.8) is 0 Å². The fraction of sp³-hybridized carbons (Fsp3) is 0.294. The van der Waals surface area contributed by atoms with E-state index in [-0.39, 0.29) is 4.83 Å². The molecule has 3 rings (SSSR count). The lowest BCUT2D eigenvalue weighted by atomic mass is 9.74. The van der Waals surface area contributed by atoms with E-state index in [4.69, 9.17) is 4.74 Å². The van der Waals surface area contributed by atoms with Crippen molar-refractivity contribution >= 4 is 31.9 Å². The Kier molecular flexibility index (Phi) is 3.91. The SMILES string of the molecule is COc1cc(C)c(Br)cc1C(Br)C1Cc2ccccc21. The number of fused-ring (bicyclic) bond motifs is 1. The Hall–Kier alpha value is -0.800. The Morgan fingerprint density at radius 3 is 2.70 bits per heavy atom. The number of ether oxygens (including phenoxy) is 1. The summed E-state index contributed by atoms with van der Waals surface area (Å²) in [6, 6.07) is 12.9. The molecule has 0 saturated carbocycles. The van der Waals surface area contributed by atoms with Crippen LogP contribution in [-0.2, 0) is 6.42 Å². The third-order valence-corrected chi connectivity index (χ3v) is 6.04. The Bertz CT molecular complexity index is 651. The summed E-state index contributed by atoms with van der Waals surface area (Å²) < 4.78 is 6.69. The number of hydrogen-bond acceptors (Lipinski definition) is 1. The molecule has 0 fully saturated rings. The first-order valence-corrected chi connectivity index (χ1v) is 8.38. The minimum atomic E-state index is 0.282. The maximum Gasteiger partial charge on any atom is 0.123 e. The highest BCUT2D eigenvalue weighted by molar-refractivity contribution is 9.10. The second-order valence-electron chi connectivity index (χ2n) is 5.25. The van der Waals surface area contributed by atoms with E-state index in [1.54, 1.807) is 7.11 Å². The van der Waals surface area contributed by atoms with Crippen molar-refractivity contribution < 1.29 is 4.74 Å². The molecule has 20 heavy (non-hydrogen) atoms. The van der Waals surface area contributed by atoms with Gasteiger partial charge in [-0.15, -0.1) is 0 Å². The van der Waals surface area contributed by atoms with Gasteiger partial charge in [-0.05, 0) is 42.2 Å². The number of benzene rings is 2. The van der Waals surface area contributed by atoms with Crippen molar-refractivity contribution in [1.82, 2.24) is 0 Å². The summed E-state index contributed by atoms with van der Waals surface area (Å²) >= 11 is 7.50. The van der Waals surface area contributed by atoms with Gasteiger partial charge < -0.3 is 4.74 Å². The highest BCUT2D eigenvalue weighted by atomic mass is 79.9. The quantitative estimate of drug-likeness (QED) is 0.619. The molecule has 2 aromatic carbocycles. The Balaban J connectivity index is 1.96. The summed E-state index contributed by atoms with van der Waals surface area (Å²) in [6.45, 7) is 2.08. The fourth-order valence-electron chi connectivity index (χ4n) is 2.84. The van der Waals surface area contributed by atoms with Gasteiger partial charge in [-0.2, -0.15) is 0 Å². The topological polar surface area (TPSA) is 9.23 Å². The molecule has 2 unspecified atom stereocenters. The van der Waals surface area contributed by atoms with E-state index in [1.165, 1.54) is 22.3 Å². The minimum Gasteiger partial charge on any atom is -0.496 e. The number of hydrogen-bond donors (Lipinski definition) is 0. The van der Waals surface area contributed by atoms with E-state index < -0.39 is 0 Å². The molecule has 0 heterocycles. The summed E-state index contributed by atoms with van der Waals surface area (Å²) in [5.74, 6) is 1.48. The second-order valence-corrected chi connectivity index (χ2v) is 7.10. The maximum atomic E-state index is 5.56. The number of rotatable bonds is 3. The number of aryl methyl sites for hydroxylation is 1. The number of halogens is 2. The Morgan fingerprint density at radius 1 is 1.25 bits per heavy atom. The zero-order valence-electron chi connectivity index (χ0n) is 11.5. The van der Waals surface area contributed by atoms with E-state index >= 15 is 0 Å². The van der Waals surface area contributed by atoms with Crippen LogP contribution in [0.5, 0.6) is 5.75 Å². The van der Waals surface area contributed by atoms with Crippen LogP contribution in [0.4, 0.5) is 0 Å². The van der Waals surface area contributed by atoms with Gasteiger partial charge in [0.2, 0.25) is 0 Å². The molecule has 0 N–H and O–H groups in total. The van der Waals surface area contributed by atoms with Gasteiger partial charge in [0.1, 0.15) is 5.75 Å². The van der Waals surface area contributed by atoms with Crippen LogP contribution < -0.4 is 4.74 Å². The van der Waals surface area contributed by atoms with Gasteiger partial charge in [0.15, 0.2) is 0 Å². The first kappa shape index (κ1) is 14.2. The molecule has 0 amide bonds. The maximum absolute atomic E-state index is 5.56. The van der Waals surface area contributed by atoms with Crippen LogP contribution >= 0.6 is 31.9 Å². The van der Waals surface area contributed by atoms with Gasteiger partial charge in [-0.25, -0.2) is 0 Å². The van der Waals surface area contributed by atoms with Crippen molar-refractivity contribution in [2.45, 2.75) is 24.1 Å². The van der Waals surface area contributed by atoms with Crippen molar-refractivity contribution in [2.24, 2.45) is 0 Å². The number of methoxy groups -OCH3 is 1. The van der Waals surface area contributed by atoms with Crippen LogP contribution in [0.1, 0.15) is 33.0 Å². The van der Waals surface area contributed by atoms with Crippen molar-refractivity contribution in [2.75, 3.05) is 7.11 Å². The lowest BCUT2D eigenvalue weighted by Gasteiger charge is -2.34. The van der Waals surface area contributed by atoms with Crippen molar-refractivity contribution in [3.8, 4) is 5.75 Å². The van der Waals surface area contributed by atoms with Crippen molar-refractivity contribution in [1.29, 1.82) is 0 Å². The lowest BCUT2D eigenvalue weighted by Crippen LogP contribution is -2.21. The smallest absolute Gasteiger partial charge is 0.123 e. The first-order chi connectivity index (χ1) is 9.61. The molecule has 0 aliphatic heterocycles. The van der Waals surface area contributed by atoms with E-state index in [9.17, 15) is 0 Å². The molecule has 0 aromatic heterocycles. The zero-order valence-corrected chi connectivity index (χ0v) is 14.7. The first-order valence-electron chi connectivity index (χ1n) is 6.67. The molecule has 1 aliphatic rings. The molecule has 2 atom stereocenters. The predicted molar refractivity (Wildman–Crippen MR) is 90.0 cm³/mol. The molecule has 2 aromatic rings. The molecule has 1 nitrogen and oxygen atoms in total. The minimum absolute atomic E-state index is 0.282. The largest absolute Gasteiger partial charge is 0.496 e. The molecular formula is C17H16Br2O. The summed E-state index contributed by atoms with van der Waals surface area (Å²) in [7, 11) is 1.74. The van der Waals surface area contributed by atoms with Gasteiger partial charge in [0.25, 0.3) is 0 Å². The van der Waals surface area contributed by atoms with Gasteiger partial charge in [-0.1, -0.05) is 56.1 Å². The normalized spacial score (nSPS) is 18.1. The molecular weight excluding hydrogens is 380 g/mol. The lowest BCUT2D eigenvalue weighted by molar-refractivity contribution is 0.406. The summed E-state index contributed by atoms with van der Waals surface area (Å²) in [6.07, 6.45) is 1.13. The third-order valence-electron chi connectivity index (χ3n) is 4.06. The molecule has 0 bridgehead atoms. The van der Waals surface area contributed by atoms with Gasteiger partial charge in [0, 0.05) is 16.0 Å². The van der Waals surface area contributed by atoms with Crippen molar-refractivity contribution in [3.05, 3.63) is 63.1 Å². The third kappa shape index (κ3) is 2.31. The Labute approximate surface area is 136 Å². The van der Waals surface area contributed by atoms with Gasteiger partial charge >= 0.3 is 0 Å². The van der Waals surface area contributed by atoms with Crippen LogP contribution in [0.25, 0.3) is 0 Å². The molecule has 0 radical (unpaired) electrons.